The highest BCUT2D eigenvalue weighted by atomic mass is 35.5. The number of nitrogens with one attached hydrogen (secondary N) is 2. The first-order valence-corrected chi connectivity index (χ1v) is 8.09. The monoisotopic (exact) mass is 348 g/mol. The molecular formula is C14H13ClN6OS. The summed E-state index contributed by atoms with van der Waals surface area (Å²) >= 11 is 7.19. The topological polar surface area (TPSA) is 96.5 Å². The summed E-state index contributed by atoms with van der Waals surface area (Å²) in [6, 6.07) is 3.74. The van der Waals surface area contributed by atoms with Gasteiger partial charge in [0.15, 0.2) is 5.65 Å². The predicted octanol–water partition coefficient (Wildman–Crippen LogP) is 2.20. The van der Waals surface area contributed by atoms with Gasteiger partial charge in [-0.05, 0) is 30.2 Å². The van der Waals surface area contributed by atoms with Crippen LogP contribution in [0.15, 0.2) is 35.9 Å². The quantitative estimate of drug-likeness (QED) is 0.417. The summed E-state index contributed by atoms with van der Waals surface area (Å²) in [5, 5.41) is 3.24. The lowest BCUT2D eigenvalue weighted by Crippen LogP contribution is -2.30. The average Bonchev–Trinajstić information content (AvgIpc) is 3.02. The molecule has 0 radical (unpaired) electrons. The van der Waals surface area contributed by atoms with Gasteiger partial charge in [-0.3, -0.25) is 9.78 Å². The van der Waals surface area contributed by atoms with E-state index in [9.17, 15) is 4.79 Å². The number of carbonyl (C=O) groups is 1. The van der Waals surface area contributed by atoms with E-state index >= 15 is 0 Å². The van der Waals surface area contributed by atoms with Gasteiger partial charge in [0.2, 0.25) is 11.2 Å². The normalized spacial score (nSPS) is 12.3. The number of halogens is 1. The molecule has 3 aromatic rings. The lowest BCUT2D eigenvalue weighted by Gasteiger charge is -2.11. The van der Waals surface area contributed by atoms with Crippen LogP contribution in [0.25, 0.3) is 11.2 Å². The van der Waals surface area contributed by atoms with E-state index in [2.05, 4.69) is 30.2 Å². The van der Waals surface area contributed by atoms with Gasteiger partial charge in [-0.1, -0.05) is 17.8 Å². The molecule has 0 aliphatic heterocycles. The molecule has 0 bridgehead atoms. The summed E-state index contributed by atoms with van der Waals surface area (Å²) in [5.74, 6) is -0.0961. The van der Waals surface area contributed by atoms with Crippen molar-refractivity contribution in [2.24, 2.45) is 0 Å². The number of pyridine rings is 1. The molecule has 0 aromatic carbocycles. The van der Waals surface area contributed by atoms with Crippen LogP contribution < -0.4 is 5.32 Å². The lowest BCUT2D eigenvalue weighted by molar-refractivity contribution is -0.120. The number of hydrogen-bond acceptors (Lipinski definition) is 6. The maximum atomic E-state index is 12.2. The molecule has 0 saturated carbocycles. The second-order valence-electron chi connectivity index (χ2n) is 4.74. The molecule has 2 N–H and O–H groups in total. The Morgan fingerprint density at radius 1 is 1.48 bits per heavy atom. The Morgan fingerprint density at radius 3 is 3.13 bits per heavy atom. The highest BCUT2D eigenvalue weighted by Gasteiger charge is 2.18. The van der Waals surface area contributed by atoms with Crippen LogP contribution in [-0.2, 0) is 11.3 Å². The molecule has 0 aliphatic carbocycles. The molecule has 118 valence electrons. The number of rotatable bonds is 5. The van der Waals surface area contributed by atoms with E-state index in [0.29, 0.717) is 22.7 Å². The Kier molecular flexibility index (Phi) is 4.73. The van der Waals surface area contributed by atoms with Gasteiger partial charge in [0.05, 0.1) is 11.6 Å². The molecule has 3 heterocycles. The predicted molar refractivity (Wildman–Crippen MR) is 88.1 cm³/mol. The summed E-state index contributed by atoms with van der Waals surface area (Å²) < 4.78 is 0. The van der Waals surface area contributed by atoms with Gasteiger partial charge in [-0.25, -0.2) is 9.97 Å². The molecule has 3 aromatic heterocycles. The first kappa shape index (κ1) is 15.7. The minimum atomic E-state index is -0.343. The Hall–Kier alpha value is -2.19. The molecule has 7 nitrogen and oxygen atoms in total. The van der Waals surface area contributed by atoms with E-state index < -0.39 is 0 Å². The molecule has 0 spiro atoms. The Balaban J connectivity index is 1.67. The van der Waals surface area contributed by atoms with E-state index in [1.54, 1.807) is 12.4 Å². The Labute approximate surface area is 141 Å². The van der Waals surface area contributed by atoms with E-state index in [4.69, 9.17) is 11.6 Å². The second kappa shape index (κ2) is 6.93. The first-order valence-electron chi connectivity index (χ1n) is 6.83. The molecule has 0 saturated heterocycles. The third-order valence-electron chi connectivity index (χ3n) is 3.07. The smallest absolute Gasteiger partial charge is 0.233 e. The van der Waals surface area contributed by atoms with Crippen molar-refractivity contribution in [1.29, 1.82) is 0 Å². The van der Waals surface area contributed by atoms with Crippen molar-refractivity contribution in [3.8, 4) is 0 Å². The third kappa shape index (κ3) is 3.77. The van der Waals surface area contributed by atoms with Gasteiger partial charge in [-0.2, -0.15) is 4.98 Å². The number of nitrogens with zero attached hydrogens (tertiary/aromatic N) is 4. The molecule has 23 heavy (non-hydrogen) atoms. The largest absolute Gasteiger partial charge is 0.351 e. The van der Waals surface area contributed by atoms with Crippen LogP contribution >= 0.6 is 23.4 Å². The third-order valence-corrected chi connectivity index (χ3v) is 4.33. The summed E-state index contributed by atoms with van der Waals surface area (Å²) in [6.07, 6.45) is 4.93. The number of aromatic amines is 1. The van der Waals surface area contributed by atoms with Crippen LogP contribution in [0.3, 0.4) is 0 Å². The maximum absolute atomic E-state index is 12.2. The van der Waals surface area contributed by atoms with Crippen LogP contribution in [0.2, 0.25) is 5.28 Å². The molecule has 9 heteroatoms. The number of fused-ring (bicyclic) bond motifs is 1. The fraction of sp³-hybridized carbons (Fsp3) is 0.214. The second-order valence-corrected chi connectivity index (χ2v) is 6.41. The zero-order valence-electron chi connectivity index (χ0n) is 12.2. The van der Waals surface area contributed by atoms with Gasteiger partial charge >= 0.3 is 0 Å². The van der Waals surface area contributed by atoms with E-state index in [1.807, 2.05) is 19.1 Å². The highest BCUT2D eigenvalue weighted by Crippen LogP contribution is 2.27. The Bertz CT molecular complexity index is 825. The van der Waals surface area contributed by atoms with E-state index in [0.717, 1.165) is 5.56 Å². The minimum absolute atomic E-state index is 0.0961. The van der Waals surface area contributed by atoms with Crippen molar-refractivity contribution in [3.63, 3.8) is 0 Å². The van der Waals surface area contributed by atoms with Crippen LogP contribution in [0, 0.1) is 0 Å². The van der Waals surface area contributed by atoms with Gasteiger partial charge in [-0.15, -0.1) is 0 Å². The molecule has 1 unspecified atom stereocenters. The van der Waals surface area contributed by atoms with Crippen LogP contribution in [0.5, 0.6) is 0 Å². The average molecular weight is 349 g/mol. The first-order chi connectivity index (χ1) is 11.1. The maximum Gasteiger partial charge on any atom is 0.233 e. The number of imidazole rings is 1. The van der Waals surface area contributed by atoms with Crippen molar-refractivity contribution >= 4 is 40.4 Å². The number of hydrogen-bond donors (Lipinski definition) is 2. The van der Waals surface area contributed by atoms with Gasteiger partial charge in [0.25, 0.3) is 0 Å². The number of amides is 1. The number of thioether (sulfide) groups is 1. The van der Waals surface area contributed by atoms with Crippen LogP contribution in [-0.4, -0.2) is 36.1 Å². The fourth-order valence-electron chi connectivity index (χ4n) is 1.92. The molecule has 0 fully saturated rings. The Morgan fingerprint density at radius 2 is 2.35 bits per heavy atom. The summed E-state index contributed by atoms with van der Waals surface area (Å²) in [7, 11) is 0. The minimum Gasteiger partial charge on any atom is -0.351 e. The lowest BCUT2D eigenvalue weighted by atomic mass is 10.3. The van der Waals surface area contributed by atoms with E-state index in [1.165, 1.54) is 18.1 Å². The number of aromatic nitrogens is 5. The zero-order valence-corrected chi connectivity index (χ0v) is 13.7. The zero-order chi connectivity index (χ0) is 16.2. The number of carbonyl (C=O) groups excluding carboxylic acids is 1. The van der Waals surface area contributed by atoms with Gasteiger partial charge < -0.3 is 10.3 Å². The highest BCUT2D eigenvalue weighted by molar-refractivity contribution is 8.00. The van der Waals surface area contributed by atoms with Crippen molar-refractivity contribution in [2.75, 3.05) is 0 Å². The summed E-state index contributed by atoms with van der Waals surface area (Å²) in [5.41, 5.74) is 2.10. The molecular weight excluding hydrogens is 336 g/mol. The SMILES string of the molecule is CC(Sc1nc(Cl)nc2nc[nH]c12)C(=O)NCc1cccnc1. The van der Waals surface area contributed by atoms with Gasteiger partial charge in [0.1, 0.15) is 10.5 Å². The van der Waals surface area contributed by atoms with Crippen molar-refractivity contribution in [2.45, 2.75) is 23.7 Å². The van der Waals surface area contributed by atoms with Crippen molar-refractivity contribution in [1.82, 2.24) is 30.2 Å². The standard InChI is InChI=1S/C14H13ClN6OS/c1-8(12(22)17-6-9-3-2-4-16-5-9)23-13-10-11(19-7-18-10)20-14(15)21-13/h2-5,7-8H,6H2,1H3,(H,17,22)(H,18,19,20,21). The van der Waals surface area contributed by atoms with Crippen LogP contribution in [0.4, 0.5) is 0 Å². The van der Waals surface area contributed by atoms with Crippen molar-refractivity contribution < 1.29 is 4.79 Å². The van der Waals surface area contributed by atoms with Crippen LogP contribution in [0.1, 0.15) is 12.5 Å². The fourth-order valence-corrected chi connectivity index (χ4v) is 3.07. The number of H-pyrrole nitrogens is 1. The summed E-state index contributed by atoms with van der Waals surface area (Å²) in [4.78, 5) is 31.4. The molecule has 0 aliphatic rings. The molecule has 1 amide bonds. The summed E-state index contributed by atoms with van der Waals surface area (Å²) in [6.45, 7) is 2.24. The van der Waals surface area contributed by atoms with Crippen molar-refractivity contribution in [3.05, 3.63) is 41.7 Å². The van der Waals surface area contributed by atoms with Gasteiger partial charge in [0, 0.05) is 18.9 Å². The van der Waals surface area contributed by atoms with E-state index in [-0.39, 0.29) is 16.4 Å². The molecule has 3 rings (SSSR count). The molecule has 1 atom stereocenters.